The van der Waals surface area contributed by atoms with Crippen LogP contribution in [0, 0.1) is 5.92 Å². The molecule has 0 N–H and O–H groups in total. The second kappa shape index (κ2) is 9.01. The lowest BCUT2D eigenvalue weighted by Gasteiger charge is -2.15. The van der Waals surface area contributed by atoms with Crippen LogP contribution in [0.1, 0.15) is 37.6 Å². The van der Waals surface area contributed by atoms with Crippen molar-refractivity contribution in [3.8, 4) is 5.75 Å². The molecule has 1 aromatic rings. The number of benzene rings is 1. The van der Waals surface area contributed by atoms with E-state index in [1.165, 1.54) is 6.42 Å². The molecule has 0 aliphatic carbocycles. The van der Waals surface area contributed by atoms with Crippen LogP contribution in [0.25, 0.3) is 0 Å². The summed E-state index contributed by atoms with van der Waals surface area (Å²) in [6.07, 6.45) is 1.37. The number of hydrogen-bond donors (Lipinski definition) is 0. The third-order valence-electron chi connectivity index (χ3n) is 3.61. The summed E-state index contributed by atoms with van der Waals surface area (Å²) in [4.78, 5) is 14.3. The highest BCUT2D eigenvalue weighted by Crippen LogP contribution is 2.16. The van der Waals surface area contributed by atoms with Crippen LogP contribution in [0.15, 0.2) is 24.3 Å². The van der Waals surface area contributed by atoms with Gasteiger partial charge in [0.2, 0.25) is 0 Å². The number of hydrogen-bond acceptors (Lipinski definition) is 4. The molecule has 1 aliphatic rings. The van der Waals surface area contributed by atoms with Gasteiger partial charge in [0.1, 0.15) is 12.4 Å². The highest BCUT2D eigenvalue weighted by Gasteiger charge is 2.18. The van der Waals surface area contributed by atoms with E-state index in [0.29, 0.717) is 12.2 Å². The van der Waals surface area contributed by atoms with Crippen LogP contribution in [0.2, 0.25) is 0 Å². The Morgan fingerprint density at radius 3 is 2.55 bits per heavy atom. The van der Waals surface area contributed by atoms with Gasteiger partial charge in [-0.2, -0.15) is 0 Å². The third kappa shape index (κ3) is 5.85. The van der Waals surface area contributed by atoms with Crippen molar-refractivity contribution in [1.29, 1.82) is 0 Å². The second-order valence-electron chi connectivity index (χ2n) is 6.02. The molecular weight excluding hydrogens is 302 g/mol. The maximum atomic E-state index is 11.9. The Morgan fingerprint density at radius 2 is 2.00 bits per heavy atom. The monoisotopic (exact) mass is 327 g/mol. The minimum absolute atomic E-state index is 0. The first-order valence-corrected chi connectivity index (χ1v) is 7.71. The van der Waals surface area contributed by atoms with Gasteiger partial charge < -0.3 is 9.47 Å². The van der Waals surface area contributed by atoms with Crippen LogP contribution in [0.4, 0.5) is 0 Å². The van der Waals surface area contributed by atoms with Crippen molar-refractivity contribution >= 4 is 18.4 Å². The molecule has 0 amide bonds. The van der Waals surface area contributed by atoms with E-state index < -0.39 is 0 Å². The Morgan fingerprint density at radius 1 is 1.32 bits per heavy atom. The van der Waals surface area contributed by atoms with Gasteiger partial charge in [-0.15, -0.1) is 12.4 Å². The normalized spacial score (nSPS) is 18.1. The lowest BCUT2D eigenvalue weighted by atomic mass is 10.2. The van der Waals surface area contributed by atoms with E-state index in [-0.39, 0.29) is 24.5 Å². The van der Waals surface area contributed by atoms with Crippen molar-refractivity contribution in [3.63, 3.8) is 0 Å². The van der Waals surface area contributed by atoms with Gasteiger partial charge in [0, 0.05) is 13.1 Å². The molecule has 0 bridgehead atoms. The van der Waals surface area contributed by atoms with Crippen LogP contribution in [-0.4, -0.2) is 43.2 Å². The lowest BCUT2D eigenvalue weighted by Crippen LogP contribution is -2.26. The zero-order valence-electron chi connectivity index (χ0n) is 13.6. The van der Waals surface area contributed by atoms with Crippen LogP contribution < -0.4 is 4.74 Å². The van der Waals surface area contributed by atoms with Crippen molar-refractivity contribution < 1.29 is 14.3 Å². The number of carbonyl (C=O) groups excluding carboxylic acids is 1. The zero-order valence-corrected chi connectivity index (χ0v) is 14.4. The molecule has 4 nitrogen and oxygen atoms in total. The van der Waals surface area contributed by atoms with Gasteiger partial charge in [-0.25, -0.2) is 4.79 Å². The number of ether oxygens (including phenoxy) is 2. The van der Waals surface area contributed by atoms with E-state index in [1.807, 2.05) is 13.8 Å². The molecule has 1 fully saturated rings. The second-order valence-corrected chi connectivity index (χ2v) is 6.02. The van der Waals surface area contributed by atoms with E-state index in [2.05, 4.69) is 11.8 Å². The minimum atomic E-state index is -0.265. The fourth-order valence-corrected chi connectivity index (χ4v) is 2.52. The third-order valence-corrected chi connectivity index (χ3v) is 3.61. The average Bonchev–Trinajstić information content (AvgIpc) is 2.84. The number of halogens is 1. The van der Waals surface area contributed by atoms with Crippen molar-refractivity contribution in [2.24, 2.45) is 5.92 Å². The molecule has 1 aromatic carbocycles. The van der Waals surface area contributed by atoms with E-state index in [4.69, 9.17) is 9.47 Å². The van der Waals surface area contributed by atoms with Crippen molar-refractivity contribution in [1.82, 2.24) is 4.90 Å². The standard InChI is InChI=1S/C17H25NO3.ClH/c1-13(2)21-16-6-4-15(5-7-16)17(19)20-11-10-18-9-8-14(3)12-18;/h4-7,13-14H,8-12H2,1-3H3;1H. The number of rotatable bonds is 6. The first kappa shape index (κ1) is 18.8. The molecule has 2 rings (SSSR count). The summed E-state index contributed by atoms with van der Waals surface area (Å²) in [7, 11) is 0. The van der Waals surface area contributed by atoms with Crippen molar-refractivity contribution in [2.75, 3.05) is 26.2 Å². The number of likely N-dealkylation sites (tertiary alicyclic amines) is 1. The molecule has 1 heterocycles. The molecule has 1 aliphatic heterocycles. The summed E-state index contributed by atoms with van der Waals surface area (Å²) in [5, 5.41) is 0. The van der Waals surface area contributed by atoms with Crippen LogP contribution in [0.5, 0.6) is 5.75 Å². The van der Waals surface area contributed by atoms with Gasteiger partial charge in [-0.05, 0) is 57.0 Å². The number of esters is 1. The highest BCUT2D eigenvalue weighted by molar-refractivity contribution is 5.89. The van der Waals surface area contributed by atoms with Crippen LogP contribution >= 0.6 is 12.4 Å². The van der Waals surface area contributed by atoms with Crippen molar-refractivity contribution in [2.45, 2.75) is 33.3 Å². The molecule has 0 radical (unpaired) electrons. The van der Waals surface area contributed by atoms with E-state index in [0.717, 1.165) is 31.3 Å². The van der Waals surface area contributed by atoms with Gasteiger partial charge in [0.15, 0.2) is 0 Å². The molecule has 0 aromatic heterocycles. The Balaban J connectivity index is 0.00000242. The first-order valence-electron chi connectivity index (χ1n) is 7.71. The number of carbonyl (C=O) groups is 1. The van der Waals surface area contributed by atoms with Gasteiger partial charge >= 0.3 is 5.97 Å². The lowest BCUT2D eigenvalue weighted by molar-refractivity contribution is 0.0471. The SMILES string of the molecule is CC1CCN(CCOC(=O)c2ccc(OC(C)C)cc2)C1.Cl. The maximum Gasteiger partial charge on any atom is 0.338 e. The molecule has 1 atom stereocenters. The molecule has 22 heavy (non-hydrogen) atoms. The summed E-state index contributed by atoms with van der Waals surface area (Å²) in [5.41, 5.74) is 0.570. The highest BCUT2D eigenvalue weighted by atomic mass is 35.5. The average molecular weight is 328 g/mol. The maximum absolute atomic E-state index is 11.9. The predicted molar refractivity (Wildman–Crippen MR) is 90.0 cm³/mol. The largest absolute Gasteiger partial charge is 0.491 e. The number of nitrogens with zero attached hydrogens (tertiary/aromatic N) is 1. The fraction of sp³-hybridized carbons (Fsp3) is 0.588. The van der Waals surface area contributed by atoms with Gasteiger partial charge in [0.25, 0.3) is 0 Å². The predicted octanol–water partition coefficient (Wildman–Crippen LogP) is 3.39. The molecule has 0 spiro atoms. The Labute approximate surface area is 139 Å². The minimum Gasteiger partial charge on any atom is -0.491 e. The van der Waals surface area contributed by atoms with Gasteiger partial charge in [0.05, 0.1) is 11.7 Å². The Kier molecular flexibility index (Phi) is 7.69. The van der Waals surface area contributed by atoms with Gasteiger partial charge in [-0.3, -0.25) is 4.90 Å². The summed E-state index contributed by atoms with van der Waals surface area (Å²) >= 11 is 0. The molecule has 5 heteroatoms. The topological polar surface area (TPSA) is 38.8 Å². The van der Waals surface area contributed by atoms with Gasteiger partial charge in [-0.1, -0.05) is 6.92 Å². The molecule has 124 valence electrons. The molecular formula is C17H26ClNO3. The summed E-state index contributed by atoms with van der Waals surface area (Å²) in [6, 6.07) is 7.10. The molecule has 1 saturated heterocycles. The smallest absolute Gasteiger partial charge is 0.338 e. The van der Waals surface area contributed by atoms with E-state index in [9.17, 15) is 4.79 Å². The van der Waals surface area contributed by atoms with E-state index in [1.54, 1.807) is 24.3 Å². The molecule has 0 saturated carbocycles. The Bertz CT molecular complexity index is 461. The first-order chi connectivity index (χ1) is 10.0. The van der Waals surface area contributed by atoms with E-state index >= 15 is 0 Å². The van der Waals surface area contributed by atoms with Crippen LogP contribution in [0.3, 0.4) is 0 Å². The summed E-state index contributed by atoms with van der Waals surface area (Å²) in [5.74, 6) is 1.26. The zero-order chi connectivity index (χ0) is 15.2. The quantitative estimate of drug-likeness (QED) is 0.751. The van der Waals surface area contributed by atoms with Crippen LogP contribution in [-0.2, 0) is 4.74 Å². The van der Waals surface area contributed by atoms with Crippen molar-refractivity contribution in [3.05, 3.63) is 29.8 Å². The Hall–Kier alpha value is -1.26. The summed E-state index contributed by atoms with van der Waals surface area (Å²) < 4.78 is 10.9. The summed E-state index contributed by atoms with van der Waals surface area (Å²) in [6.45, 7) is 9.70. The molecule has 1 unspecified atom stereocenters. The fourth-order valence-electron chi connectivity index (χ4n) is 2.52.